The zero-order valence-corrected chi connectivity index (χ0v) is 15.7. The first-order chi connectivity index (χ1) is 11.7. The van der Waals surface area contributed by atoms with Crippen molar-refractivity contribution in [2.45, 2.75) is 65.1 Å². The van der Waals surface area contributed by atoms with Crippen LogP contribution in [-0.2, 0) is 9.59 Å². The Morgan fingerprint density at radius 2 is 1.92 bits per heavy atom. The molecule has 0 radical (unpaired) electrons. The molecule has 0 aromatic heterocycles. The molecule has 138 valence electrons. The topological polar surface area (TPSA) is 69.6 Å². The van der Waals surface area contributed by atoms with E-state index in [1.807, 2.05) is 56.0 Å². The number of hydrogen-bond acceptors (Lipinski definition) is 3. The van der Waals surface area contributed by atoms with Gasteiger partial charge in [-0.2, -0.15) is 0 Å². The summed E-state index contributed by atoms with van der Waals surface area (Å²) in [5.74, 6) is -0.200. The van der Waals surface area contributed by atoms with Crippen LogP contribution in [0.1, 0.15) is 58.6 Å². The van der Waals surface area contributed by atoms with Gasteiger partial charge in [-0.3, -0.25) is 9.59 Å². The molecule has 1 saturated heterocycles. The minimum atomic E-state index is -0.584. The van der Waals surface area contributed by atoms with Crippen LogP contribution in [0.3, 0.4) is 0 Å². The molecule has 0 spiro atoms. The van der Waals surface area contributed by atoms with Crippen LogP contribution in [0, 0.1) is 5.41 Å². The van der Waals surface area contributed by atoms with Crippen LogP contribution in [0.4, 0.5) is 0 Å². The normalized spacial score (nSPS) is 20.2. The fraction of sp³-hybridized carbons (Fsp3) is 0.600. The molecular formula is C20H30N2O3. The van der Waals surface area contributed by atoms with Gasteiger partial charge >= 0.3 is 0 Å². The van der Waals surface area contributed by atoms with E-state index in [4.69, 9.17) is 0 Å². The molecule has 0 saturated carbocycles. The third kappa shape index (κ3) is 5.05. The predicted octanol–water partition coefficient (Wildman–Crippen LogP) is 2.65. The van der Waals surface area contributed by atoms with Crippen molar-refractivity contribution in [2.24, 2.45) is 5.41 Å². The van der Waals surface area contributed by atoms with Gasteiger partial charge in [0.05, 0.1) is 6.10 Å². The lowest BCUT2D eigenvalue weighted by molar-refractivity contribution is -0.139. The molecule has 2 N–H and O–H groups in total. The molecule has 1 aromatic rings. The Kier molecular flexibility index (Phi) is 6.22. The maximum Gasteiger partial charge on any atom is 0.245 e. The lowest BCUT2D eigenvalue weighted by Gasteiger charge is -2.30. The Bertz CT molecular complexity index is 595. The van der Waals surface area contributed by atoms with Crippen molar-refractivity contribution in [2.75, 3.05) is 6.54 Å². The van der Waals surface area contributed by atoms with E-state index in [1.165, 1.54) is 0 Å². The van der Waals surface area contributed by atoms with Crippen LogP contribution < -0.4 is 5.32 Å². The van der Waals surface area contributed by atoms with Crippen LogP contribution in [0.2, 0.25) is 0 Å². The molecule has 0 bridgehead atoms. The third-order valence-electron chi connectivity index (χ3n) is 4.74. The van der Waals surface area contributed by atoms with E-state index in [9.17, 15) is 14.7 Å². The molecule has 5 heteroatoms. The lowest BCUT2D eigenvalue weighted by Crippen LogP contribution is -2.51. The number of hydrogen-bond donors (Lipinski definition) is 2. The van der Waals surface area contributed by atoms with Crippen LogP contribution in [0.25, 0.3) is 0 Å². The lowest BCUT2D eigenvalue weighted by atomic mass is 9.95. The maximum absolute atomic E-state index is 12.8. The number of rotatable bonds is 5. The molecule has 1 aromatic carbocycles. The van der Waals surface area contributed by atoms with Crippen molar-refractivity contribution in [3.8, 4) is 0 Å². The number of nitrogens with zero attached hydrogens (tertiary/aromatic N) is 1. The highest BCUT2D eigenvalue weighted by Gasteiger charge is 2.34. The van der Waals surface area contributed by atoms with Crippen molar-refractivity contribution in [3.63, 3.8) is 0 Å². The van der Waals surface area contributed by atoms with Crippen molar-refractivity contribution >= 4 is 11.8 Å². The summed E-state index contributed by atoms with van der Waals surface area (Å²) in [6.45, 7) is 7.90. The minimum absolute atomic E-state index is 0.0108. The van der Waals surface area contributed by atoms with Gasteiger partial charge in [0.2, 0.25) is 11.8 Å². The van der Waals surface area contributed by atoms with Crippen molar-refractivity contribution in [1.82, 2.24) is 10.2 Å². The highest BCUT2D eigenvalue weighted by atomic mass is 16.3. The predicted molar refractivity (Wildman–Crippen MR) is 97.8 cm³/mol. The largest absolute Gasteiger partial charge is 0.388 e. The molecular weight excluding hydrogens is 316 g/mol. The average Bonchev–Trinajstić information content (AvgIpc) is 3.01. The van der Waals surface area contributed by atoms with Gasteiger partial charge in [0.25, 0.3) is 0 Å². The zero-order chi connectivity index (χ0) is 18.6. The highest BCUT2D eigenvalue weighted by molar-refractivity contribution is 5.89. The maximum atomic E-state index is 12.8. The van der Waals surface area contributed by atoms with Gasteiger partial charge in [0, 0.05) is 18.0 Å². The quantitative estimate of drug-likeness (QED) is 0.861. The Hall–Kier alpha value is -1.88. The molecule has 2 rings (SSSR count). The second-order valence-corrected chi connectivity index (χ2v) is 7.94. The van der Waals surface area contributed by atoms with E-state index >= 15 is 0 Å². The van der Waals surface area contributed by atoms with Gasteiger partial charge in [0.1, 0.15) is 6.04 Å². The van der Waals surface area contributed by atoms with Crippen molar-refractivity contribution in [3.05, 3.63) is 35.9 Å². The molecule has 1 fully saturated rings. The Morgan fingerprint density at radius 1 is 1.28 bits per heavy atom. The number of aliphatic hydroxyl groups excluding tert-OH is 1. The number of benzene rings is 1. The molecule has 1 aliphatic heterocycles. The first-order valence-corrected chi connectivity index (χ1v) is 9.04. The molecule has 2 amide bonds. The summed E-state index contributed by atoms with van der Waals surface area (Å²) >= 11 is 0. The zero-order valence-electron chi connectivity index (χ0n) is 15.7. The fourth-order valence-corrected chi connectivity index (χ4v) is 3.16. The molecule has 3 atom stereocenters. The smallest absolute Gasteiger partial charge is 0.245 e. The SMILES string of the molecule is CC(NC(=O)C(C)(C)C)C(=O)N1CCCC1CC(O)c1ccccc1. The third-order valence-corrected chi connectivity index (χ3v) is 4.74. The Labute approximate surface area is 150 Å². The highest BCUT2D eigenvalue weighted by Crippen LogP contribution is 2.28. The molecule has 25 heavy (non-hydrogen) atoms. The van der Waals surface area contributed by atoms with E-state index in [0.29, 0.717) is 13.0 Å². The van der Waals surface area contributed by atoms with Gasteiger partial charge < -0.3 is 15.3 Å². The van der Waals surface area contributed by atoms with E-state index in [0.717, 1.165) is 18.4 Å². The van der Waals surface area contributed by atoms with Gasteiger partial charge in [-0.05, 0) is 31.7 Å². The van der Waals surface area contributed by atoms with Gasteiger partial charge in [-0.1, -0.05) is 51.1 Å². The Morgan fingerprint density at radius 3 is 2.52 bits per heavy atom. The molecule has 0 aliphatic carbocycles. The summed E-state index contributed by atoms with van der Waals surface area (Å²) in [6, 6.07) is 8.98. The number of amides is 2. The van der Waals surface area contributed by atoms with E-state index < -0.39 is 17.6 Å². The summed E-state index contributed by atoms with van der Waals surface area (Å²) in [7, 11) is 0. The van der Waals surface area contributed by atoms with Gasteiger partial charge in [-0.15, -0.1) is 0 Å². The average molecular weight is 346 g/mol. The van der Waals surface area contributed by atoms with Crippen LogP contribution in [-0.4, -0.2) is 40.4 Å². The van der Waals surface area contributed by atoms with Gasteiger partial charge in [-0.25, -0.2) is 0 Å². The summed E-state index contributed by atoms with van der Waals surface area (Å²) in [4.78, 5) is 26.7. The van der Waals surface area contributed by atoms with Gasteiger partial charge in [0.15, 0.2) is 0 Å². The number of carbonyl (C=O) groups is 2. The number of likely N-dealkylation sites (tertiary alicyclic amines) is 1. The number of nitrogens with one attached hydrogen (secondary N) is 1. The van der Waals surface area contributed by atoms with E-state index in [1.54, 1.807) is 6.92 Å². The summed E-state index contributed by atoms with van der Waals surface area (Å²) < 4.78 is 0. The van der Waals surface area contributed by atoms with Crippen molar-refractivity contribution in [1.29, 1.82) is 0 Å². The van der Waals surface area contributed by atoms with E-state index in [-0.39, 0.29) is 17.9 Å². The summed E-state index contributed by atoms with van der Waals surface area (Å²) in [6.07, 6.45) is 1.75. The summed E-state index contributed by atoms with van der Waals surface area (Å²) in [5.41, 5.74) is 0.346. The second kappa shape index (κ2) is 8.00. The molecule has 1 heterocycles. The minimum Gasteiger partial charge on any atom is -0.388 e. The number of carbonyl (C=O) groups excluding carboxylic acids is 2. The molecule has 5 nitrogen and oxygen atoms in total. The van der Waals surface area contributed by atoms with Crippen LogP contribution in [0.5, 0.6) is 0 Å². The van der Waals surface area contributed by atoms with Crippen LogP contribution in [0.15, 0.2) is 30.3 Å². The van der Waals surface area contributed by atoms with Crippen LogP contribution >= 0.6 is 0 Å². The fourth-order valence-electron chi connectivity index (χ4n) is 3.16. The standard InChI is InChI=1S/C20H30N2O3/c1-14(21-19(25)20(2,3)4)18(24)22-12-8-11-16(22)13-17(23)15-9-6-5-7-10-15/h5-7,9-10,14,16-17,23H,8,11-13H2,1-4H3,(H,21,25). The van der Waals surface area contributed by atoms with Crippen molar-refractivity contribution < 1.29 is 14.7 Å². The van der Waals surface area contributed by atoms with E-state index in [2.05, 4.69) is 5.32 Å². The number of aliphatic hydroxyl groups is 1. The molecule has 1 aliphatic rings. The second-order valence-electron chi connectivity index (χ2n) is 7.94. The molecule has 3 unspecified atom stereocenters. The first-order valence-electron chi connectivity index (χ1n) is 9.04. The first kappa shape index (κ1) is 19.4. The monoisotopic (exact) mass is 346 g/mol. The Balaban J connectivity index is 1.98. The summed E-state index contributed by atoms with van der Waals surface area (Å²) in [5, 5.41) is 13.3.